The molecule has 0 saturated carbocycles. The highest BCUT2D eigenvalue weighted by molar-refractivity contribution is 5.71. The maximum Gasteiger partial charge on any atom is 0.150 e. The smallest absolute Gasteiger partial charge is 0.150 e. The van der Waals surface area contributed by atoms with Gasteiger partial charge in [0.2, 0.25) is 0 Å². The molecule has 22 heavy (non-hydrogen) atoms. The molecule has 4 heteroatoms. The van der Waals surface area contributed by atoms with E-state index >= 15 is 0 Å². The monoisotopic (exact) mass is 298 g/mol. The van der Waals surface area contributed by atoms with Crippen LogP contribution in [0.2, 0.25) is 0 Å². The molecule has 0 aromatic carbocycles. The minimum absolute atomic E-state index is 0.0459. The summed E-state index contributed by atoms with van der Waals surface area (Å²) >= 11 is 0. The molecule has 2 aromatic heterocycles. The molecule has 4 nitrogen and oxygen atoms in total. The van der Waals surface area contributed by atoms with Gasteiger partial charge in [-0.3, -0.25) is 4.98 Å². The largest absolute Gasteiger partial charge is 0.380 e. The van der Waals surface area contributed by atoms with E-state index in [1.165, 1.54) is 0 Å². The molecule has 1 unspecified atom stereocenters. The standard InChI is InChI=1S/C18H26N4/c1-6-13(2)20-16-8-7-15(14-9-11-19-12-10-14)21-17(16)22-18(3,4)5/h7-13,20H,6H2,1-5H3,(H,21,22). The third-order valence-electron chi connectivity index (χ3n) is 3.38. The predicted octanol–water partition coefficient (Wildman–Crippen LogP) is 4.56. The normalized spacial score (nSPS) is 12.8. The second-order valence-electron chi connectivity index (χ2n) is 6.66. The molecule has 2 N–H and O–H groups in total. The van der Waals surface area contributed by atoms with Crippen molar-refractivity contribution in [1.82, 2.24) is 9.97 Å². The third-order valence-corrected chi connectivity index (χ3v) is 3.38. The lowest BCUT2D eigenvalue weighted by atomic mass is 10.1. The Labute approximate surface area is 133 Å². The number of nitrogens with zero attached hydrogens (tertiary/aromatic N) is 2. The fourth-order valence-electron chi connectivity index (χ4n) is 2.08. The summed E-state index contributed by atoms with van der Waals surface area (Å²) in [5, 5.41) is 7.02. The molecule has 0 aliphatic carbocycles. The Morgan fingerprint density at radius 2 is 1.77 bits per heavy atom. The first kappa shape index (κ1) is 16.3. The predicted molar refractivity (Wildman–Crippen MR) is 94.2 cm³/mol. The highest BCUT2D eigenvalue weighted by Gasteiger charge is 2.15. The van der Waals surface area contributed by atoms with Crippen molar-refractivity contribution in [3.63, 3.8) is 0 Å². The Morgan fingerprint density at radius 1 is 1.09 bits per heavy atom. The van der Waals surface area contributed by atoms with Crippen molar-refractivity contribution >= 4 is 11.5 Å². The van der Waals surface area contributed by atoms with Crippen LogP contribution in [0.5, 0.6) is 0 Å². The summed E-state index contributed by atoms with van der Waals surface area (Å²) in [6.45, 7) is 10.8. The molecule has 0 radical (unpaired) electrons. The first-order valence-corrected chi connectivity index (χ1v) is 7.85. The van der Waals surface area contributed by atoms with Crippen molar-refractivity contribution in [3.8, 4) is 11.3 Å². The summed E-state index contributed by atoms with van der Waals surface area (Å²) in [6, 6.07) is 8.52. The number of nitrogens with one attached hydrogen (secondary N) is 2. The maximum atomic E-state index is 4.81. The van der Waals surface area contributed by atoms with Crippen LogP contribution in [0.15, 0.2) is 36.7 Å². The molecule has 0 aliphatic rings. The summed E-state index contributed by atoms with van der Waals surface area (Å²) in [4.78, 5) is 8.88. The summed E-state index contributed by atoms with van der Waals surface area (Å²) in [7, 11) is 0. The van der Waals surface area contributed by atoms with E-state index < -0.39 is 0 Å². The van der Waals surface area contributed by atoms with Gasteiger partial charge in [-0.15, -0.1) is 0 Å². The molecule has 2 heterocycles. The topological polar surface area (TPSA) is 49.8 Å². The SMILES string of the molecule is CCC(C)Nc1ccc(-c2ccncc2)nc1NC(C)(C)C. The second-order valence-corrected chi connectivity index (χ2v) is 6.66. The van der Waals surface area contributed by atoms with E-state index in [-0.39, 0.29) is 5.54 Å². The van der Waals surface area contributed by atoms with Gasteiger partial charge in [-0.05, 0) is 58.4 Å². The molecule has 0 amide bonds. The van der Waals surface area contributed by atoms with Crippen molar-refractivity contribution in [2.75, 3.05) is 10.6 Å². The van der Waals surface area contributed by atoms with E-state index in [0.717, 1.165) is 29.2 Å². The first-order valence-electron chi connectivity index (χ1n) is 7.85. The minimum atomic E-state index is -0.0459. The lowest BCUT2D eigenvalue weighted by Crippen LogP contribution is -2.28. The van der Waals surface area contributed by atoms with E-state index in [1.54, 1.807) is 12.4 Å². The van der Waals surface area contributed by atoms with Crippen molar-refractivity contribution in [2.45, 2.75) is 52.6 Å². The minimum Gasteiger partial charge on any atom is -0.380 e. The van der Waals surface area contributed by atoms with Crippen LogP contribution in [0.3, 0.4) is 0 Å². The van der Waals surface area contributed by atoms with Gasteiger partial charge in [0.25, 0.3) is 0 Å². The molecule has 0 spiro atoms. The summed E-state index contributed by atoms with van der Waals surface area (Å²) < 4.78 is 0. The van der Waals surface area contributed by atoms with Crippen molar-refractivity contribution in [1.29, 1.82) is 0 Å². The molecule has 2 aromatic rings. The van der Waals surface area contributed by atoms with E-state index in [2.05, 4.69) is 56.3 Å². The fraction of sp³-hybridized carbons (Fsp3) is 0.444. The number of aromatic nitrogens is 2. The van der Waals surface area contributed by atoms with E-state index in [0.29, 0.717) is 6.04 Å². The lowest BCUT2D eigenvalue weighted by molar-refractivity contribution is 0.630. The van der Waals surface area contributed by atoms with Gasteiger partial charge >= 0.3 is 0 Å². The van der Waals surface area contributed by atoms with Crippen LogP contribution in [0.1, 0.15) is 41.0 Å². The molecular formula is C18H26N4. The van der Waals surface area contributed by atoms with Gasteiger partial charge in [-0.25, -0.2) is 4.98 Å². The van der Waals surface area contributed by atoms with Gasteiger partial charge in [0.15, 0.2) is 5.82 Å². The Bertz CT molecular complexity index is 602. The zero-order valence-electron chi connectivity index (χ0n) is 14.1. The second kappa shape index (κ2) is 6.77. The number of pyridine rings is 2. The molecule has 0 fully saturated rings. The molecule has 0 saturated heterocycles. The Morgan fingerprint density at radius 3 is 2.36 bits per heavy atom. The molecular weight excluding hydrogens is 272 g/mol. The van der Waals surface area contributed by atoms with Crippen LogP contribution in [0.4, 0.5) is 11.5 Å². The van der Waals surface area contributed by atoms with Gasteiger partial charge in [0, 0.05) is 29.5 Å². The van der Waals surface area contributed by atoms with Gasteiger partial charge in [0.05, 0.1) is 11.4 Å². The first-order chi connectivity index (χ1) is 10.4. The molecule has 2 rings (SSSR count). The van der Waals surface area contributed by atoms with Gasteiger partial charge < -0.3 is 10.6 Å². The Kier molecular flexibility index (Phi) is 5.01. The maximum absolute atomic E-state index is 4.81. The molecule has 1 atom stereocenters. The number of hydrogen-bond acceptors (Lipinski definition) is 4. The zero-order chi connectivity index (χ0) is 16.2. The van der Waals surface area contributed by atoms with Crippen molar-refractivity contribution < 1.29 is 0 Å². The molecule has 0 bridgehead atoms. The number of anilines is 2. The van der Waals surface area contributed by atoms with Gasteiger partial charge in [-0.2, -0.15) is 0 Å². The Balaban J connectivity index is 2.38. The molecule has 118 valence electrons. The van der Waals surface area contributed by atoms with Crippen molar-refractivity contribution in [2.24, 2.45) is 0 Å². The van der Waals surface area contributed by atoms with Crippen LogP contribution in [0.25, 0.3) is 11.3 Å². The highest BCUT2D eigenvalue weighted by atomic mass is 15.1. The molecule has 0 aliphatic heterocycles. The van der Waals surface area contributed by atoms with Crippen LogP contribution >= 0.6 is 0 Å². The van der Waals surface area contributed by atoms with Gasteiger partial charge in [-0.1, -0.05) is 6.92 Å². The Hall–Kier alpha value is -2.10. The zero-order valence-corrected chi connectivity index (χ0v) is 14.1. The van der Waals surface area contributed by atoms with Crippen molar-refractivity contribution in [3.05, 3.63) is 36.7 Å². The summed E-state index contributed by atoms with van der Waals surface area (Å²) in [6.07, 6.45) is 4.65. The number of rotatable bonds is 5. The number of hydrogen-bond donors (Lipinski definition) is 2. The fourth-order valence-corrected chi connectivity index (χ4v) is 2.08. The highest BCUT2D eigenvalue weighted by Crippen LogP contribution is 2.28. The van der Waals surface area contributed by atoms with E-state index in [4.69, 9.17) is 4.98 Å². The summed E-state index contributed by atoms with van der Waals surface area (Å²) in [5.41, 5.74) is 3.02. The van der Waals surface area contributed by atoms with Crippen LogP contribution in [-0.4, -0.2) is 21.5 Å². The van der Waals surface area contributed by atoms with E-state index in [1.807, 2.05) is 18.2 Å². The van der Waals surface area contributed by atoms with Crippen LogP contribution < -0.4 is 10.6 Å². The van der Waals surface area contributed by atoms with E-state index in [9.17, 15) is 0 Å². The van der Waals surface area contributed by atoms with Crippen LogP contribution in [-0.2, 0) is 0 Å². The average molecular weight is 298 g/mol. The quantitative estimate of drug-likeness (QED) is 0.849. The van der Waals surface area contributed by atoms with Crippen LogP contribution in [0, 0.1) is 0 Å². The lowest BCUT2D eigenvalue weighted by Gasteiger charge is -2.25. The van der Waals surface area contributed by atoms with Gasteiger partial charge in [0.1, 0.15) is 0 Å². The third kappa shape index (κ3) is 4.45. The summed E-state index contributed by atoms with van der Waals surface area (Å²) in [5.74, 6) is 0.891. The average Bonchev–Trinajstić information content (AvgIpc) is 2.48.